The van der Waals surface area contributed by atoms with E-state index in [4.69, 9.17) is 0 Å². The van der Waals surface area contributed by atoms with Crippen LogP contribution in [-0.2, 0) is 6.18 Å². The highest BCUT2D eigenvalue weighted by Gasteiger charge is 2.36. The maximum Gasteiger partial charge on any atom is 0.451 e. The van der Waals surface area contributed by atoms with Gasteiger partial charge in [-0.05, 0) is 31.2 Å². The lowest BCUT2D eigenvalue weighted by Gasteiger charge is -2.17. The third-order valence-corrected chi connectivity index (χ3v) is 4.80. The Bertz CT molecular complexity index is 1420. The van der Waals surface area contributed by atoms with Gasteiger partial charge in [-0.25, -0.2) is 29.3 Å². The number of hydrogen-bond donors (Lipinski definition) is 2. The van der Waals surface area contributed by atoms with Crippen molar-refractivity contribution in [1.29, 1.82) is 0 Å². The van der Waals surface area contributed by atoms with E-state index in [1.165, 1.54) is 24.5 Å². The van der Waals surface area contributed by atoms with Crippen LogP contribution in [0.25, 0.3) is 28.0 Å². The lowest BCUT2D eigenvalue weighted by Crippen LogP contribution is -2.17. The number of halogens is 4. The zero-order chi connectivity index (χ0) is 22.5. The maximum absolute atomic E-state index is 14.0. The number of hydrogen-bond acceptors (Lipinski definition) is 6. The predicted molar refractivity (Wildman–Crippen MR) is 108 cm³/mol. The molecular weight excluding hydrogens is 428 g/mol. The molecule has 0 aliphatic rings. The van der Waals surface area contributed by atoms with Gasteiger partial charge >= 0.3 is 6.18 Å². The van der Waals surface area contributed by atoms with E-state index >= 15 is 0 Å². The standard InChI is InChI=1S/C20H14F4N8/c1-10(28-17-15-16(27-9-26-15)30-19(31-17)20(22,23)24)18-29-12-6-5-11(21)8-13(12)32(18)14-4-2-3-7-25-14/h2-10H,1H3,(H2,26,27,28,30,31)/t10-/m0/s1. The first-order valence-electron chi connectivity index (χ1n) is 9.45. The van der Waals surface area contributed by atoms with E-state index in [-0.39, 0.29) is 17.0 Å². The molecule has 5 aromatic rings. The summed E-state index contributed by atoms with van der Waals surface area (Å²) in [5, 5.41) is 2.96. The van der Waals surface area contributed by atoms with Gasteiger partial charge in [0, 0.05) is 12.3 Å². The Hall–Kier alpha value is -4.09. The molecule has 0 fully saturated rings. The molecule has 8 nitrogen and oxygen atoms in total. The SMILES string of the molecule is C[C@H](Nc1nc(C(F)(F)F)nc2nc[nH]c12)c1nc2ccc(F)cc2n1-c1ccccn1. The van der Waals surface area contributed by atoms with Crippen LogP contribution in [0.15, 0.2) is 48.9 Å². The Balaban J connectivity index is 1.64. The molecule has 4 aromatic heterocycles. The fourth-order valence-corrected chi connectivity index (χ4v) is 3.42. The highest BCUT2D eigenvalue weighted by atomic mass is 19.4. The van der Waals surface area contributed by atoms with E-state index in [1.54, 1.807) is 35.9 Å². The van der Waals surface area contributed by atoms with Gasteiger partial charge in [0.15, 0.2) is 11.5 Å². The summed E-state index contributed by atoms with van der Waals surface area (Å²) in [6.07, 6.45) is -1.93. The summed E-state index contributed by atoms with van der Waals surface area (Å²) in [5.74, 6) is -0.962. The fourth-order valence-electron chi connectivity index (χ4n) is 3.42. The van der Waals surface area contributed by atoms with Crippen molar-refractivity contribution < 1.29 is 17.6 Å². The summed E-state index contributed by atoms with van der Waals surface area (Å²) in [7, 11) is 0. The minimum atomic E-state index is -4.74. The molecule has 32 heavy (non-hydrogen) atoms. The molecule has 12 heteroatoms. The largest absolute Gasteiger partial charge is 0.451 e. The average Bonchev–Trinajstić information content (AvgIpc) is 3.38. The summed E-state index contributed by atoms with van der Waals surface area (Å²) >= 11 is 0. The van der Waals surface area contributed by atoms with Crippen molar-refractivity contribution in [2.24, 2.45) is 0 Å². The van der Waals surface area contributed by atoms with Crippen LogP contribution in [0.2, 0.25) is 0 Å². The number of rotatable bonds is 4. The summed E-state index contributed by atoms with van der Waals surface area (Å²) in [6.45, 7) is 1.70. The Kier molecular flexibility index (Phi) is 4.50. The number of benzene rings is 1. The van der Waals surface area contributed by atoms with Crippen LogP contribution < -0.4 is 5.32 Å². The highest BCUT2D eigenvalue weighted by molar-refractivity contribution is 5.83. The molecule has 0 aliphatic heterocycles. The zero-order valence-corrected chi connectivity index (χ0v) is 16.4. The molecule has 0 spiro atoms. The maximum atomic E-state index is 14.0. The number of nitrogens with one attached hydrogen (secondary N) is 2. The van der Waals surface area contributed by atoms with Crippen LogP contribution in [0.5, 0.6) is 0 Å². The molecule has 0 unspecified atom stereocenters. The molecule has 0 saturated heterocycles. The van der Waals surface area contributed by atoms with Crippen molar-refractivity contribution >= 4 is 28.0 Å². The monoisotopic (exact) mass is 442 g/mol. The Morgan fingerprint density at radius 1 is 1.06 bits per heavy atom. The van der Waals surface area contributed by atoms with Gasteiger partial charge in [0.05, 0.1) is 23.4 Å². The minimum absolute atomic E-state index is 0.0851. The zero-order valence-electron chi connectivity index (χ0n) is 16.4. The van der Waals surface area contributed by atoms with Gasteiger partial charge in [-0.1, -0.05) is 6.07 Å². The second-order valence-electron chi connectivity index (χ2n) is 6.99. The lowest BCUT2D eigenvalue weighted by atomic mass is 10.3. The second kappa shape index (κ2) is 7.25. The average molecular weight is 442 g/mol. The normalized spacial score (nSPS) is 13.0. The number of aromatic amines is 1. The molecule has 0 aliphatic carbocycles. The van der Waals surface area contributed by atoms with Crippen molar-refractivity contribution in [3.8, 4) is 5.82 Å². The molecule has 4 heterocycles. The quantitative estimate of drug-likeness (QED) is 0.400. The van der Waals surface area contributed by atoms with E-state index in [0.29, 0.717) is 22.7 Å². The van der Waals surface area contributed by atoms with Gasteiger partial charge in [0.2, 0.25) is 5.82 Å². The van der Waals surface area contributed by atoms with Gasteiger partial charge in [0.1, 0.15) is 23.0 Å². The number of imidazole rings is 2. The minimum Gasteiger partial charge on any atom is -0.358 e. The number of fused-ring (bicyclic) bond motifs is 2. The van der Waals surface area contributed by atoms with Crippen LogP contribution in [0.3, 0.4) is 0 Å². The van der Waals surface area contributed by atoms with Crippen LogP contribution in [0, 0.1) is 5.82 Å². The smallest absolute Gasteiger partial charge is 0.358 e. The van der Waals surface area contributed by atoms with E-state index in [9.17, 15) is 17.6 Å². The number of aromatic nitrogens is 7. The molecule has 0 radical (unpaired) electrons. The first-order chi connectivity index (χ1) is 15.3. The Morgan fingerprint density at radius 3 is 2.66 bits per heavy atom. The van der Waals surface area contributed by atoms with E-state index in [1.807, 2.05) is 0 Å². The van der Waals surface area contributed by atoms with Gasteiger partial charge < -0.3 is 10.3 Å². The van der Waals surface area contributed by atoms with E-state index in [0.717, 1.165) is 0 Å². The van der Waals surface area contributed by atoms with Crippen molar-refractivity contribution in [3.63, 3.8) is 0 Å². The highest BCUT2D eigenvalue weighted by Crippen LogP contribution is 2.32. The number of alkyl halides is 3. The van der Waals surface area contributed by atoms with Gasteiger partial charge in [0.25, 0.3) is 0 Å². The van der Waals surface area contributed by atoms with Gasteiger partial charge in [-0.2, -0.15) is 13.2 Å². The van der Waals surface area contributed by atoms with Crippen molar-refractivity contribution in [3.05, 3.63) is 66.4 Å². The first kappa shape index (κ1) is 19.8. The summed E-state index contributed by atoms with van der Waals surface area (Å²) in [6, 6.07) is 8.72. The molecule has 1 aromatic carbocycles. The molecule has 2 N–H and O–H groups in total. The molecule has 0 bridgehead atoms. The molecule has 1 atom stereocenters. The molecule has 162 valence electrons. The first-order valence-corrected chi connectivity index (χ1v) is 9.45. The van der Waals surface area contributed by atoms with E-state index < -0.39 is 23.9 Å². The van der Waals surface area contributed by atoms with Crippen molar-refractivity contribution in [2.75, 3.05) is 5.32 Å². The molecule has 0 saturated carbocycles. The third-order valence-electron chi connectivity index (χ3n) is 4.80. The second-order valence-corrected chi connectivity index (χ2v) is 6.99. The summed E-state index contributed by atoms with van der Waals surface area (Å²) in [4.78, 5) is 22.6. The Morgan fingerprint density at radius 2 is 1.91 bits per heavy atom. The number of pyridine rings is 1. The Labute approximate surface area is 177 Å². The van der Waals surface area contributed by atoms with Gasteiger partial charge in [-0.3, -0.25) is 4.57 Å². The lowest BCUT2D eigenvalue weighted by molar-refractivity contribution is -0.144. The third kappa shape index (κ3) is 3.39. The topological polar surface area (TPSA) is 97.2 Å². The van der Waals surface area contributed by atoms with Crippen LogP contribution in [-0.4, -0.2) is 34.5 Å². The fraction of sp³-hybridized carbons (Fsp3) is 0.150. The molecular formula is C20H14F4N8. The predicted octanol–water partition coefficient (Wildman–Crippen LogP) is 4.42. The van der Waals surface area contributed by atoms with Crippen LogP contribution in [0.1, 0.15) is 24.6 Å². The number of nitrogens with zero attached hydrogens (tertiary/aromatic N) is 6. The number of H-pyrrole nitrogens is 1. The molecule has 5 rings (SSSR count). The summed E-state index contributed by atoms with van der Waals surface area (Å²) < 4.78 is 55.4. The molecule has 0 amide bonds. The van der Waals surface area contributed by atoms with E-state index in [2.05, 4.69) is 35.2 Å². The number of anilines is 1. The summed E-state index contributed by atoms with van der Waals surface area (Å²) in [5.41, 5.74) is 1.07. The van der Waals surface area contributed by atoms with Crippen molar-refractivity contribution in [1.82, 2.24) is 34.5 Å². The van der Waals surface area contributed by atoms with Crippen LogP contribution in [0.4, 0.5) is 23.4 Å². The van der Waals surface area contributed by atoms with Gasteiger partial charge in [-0.15, -0.1) is 0 Å². The van der Waals surface area contributed by atoms with Crippen LogP contribution >= 0.6 is 0 Å². The van der Waals surface area contributed by atoms with Crippen molar-refractivity contribution in [2.45, 2.75) is 19.1 Å².